The van der Waals surface area contributed by atoms with Gasteiger partial charge in [-0.2, -0.15) is 0 Å². The van der Waals surface area contributed by atoms with E-state index in [4.69, 9.17) is 11.6 Å². The van der Waals surface area contributed by atoms with Crippen LogP contribution in [0.25, 0.3) is 0 Å². The molecular weight excluding hydrogens is 432 g/mol. The predicted molar refractivity (Wildman–Crippen MR) is 134 cm³/mol. The van der Waals surface area contributed by atoms with Crippen LogP contribution in [0.1, 0.15) is 35.6 Å². The molecule has 0 radical (unpaired) electrons. The van der Waals surface area contributed by atoms with Crippen LogP contribution in [0.3, 0.4) is 0 Å². The summed E-state index contributed by atoms with van der Waals surface area (Å²) in [7, 11) is 0. The number of aryl methyl sites for hydroxylation is 1. The average Bonchev–Trinajstić information content (AvgIpc) is 2.80. The summed E-state index contributed by atoms with van der Waals surface area (Å²) in [5, 5.41) is 3.60. The second-order valence-electron chi connectivity index (χ2n) is 8.31. The Kier molecular flexibility index (Phi) is 9.08. The third kappa shape index (κ3) is 7.47. The highest BCUT2D eigenvalue weighted by Crippen LogP contribution is 2.19. The van der Waals surface area contributed by atoms with Gasteiger partial charge in [0.1, 0.15) is 6.04 Å². The minimum atomic E-state index is -0.629. The number of nitrogens with zero attached hydrogens (tertiary/aromatic N) is 1. The van der Waals surface area contributed by atoms with Gasteiger partial charge < -0.3 is 10.2 Å². The highest BCUT2D eigenvalue weighted by molar-refractivity contribution is 6.30. The Morgan fingerprint density at radius 3 is 2.30 bits per heavy atom. The van der Waals surface area contributed by atoms with Gasteiger partial charge in [-0.25, -0.2) is 0 Å². The van der Waals surface area contributed by atoms with Crippen molar-refractivity contribution in [1.29, 1.82) is 0 Å². The Morgan fingerprint density at radius 2 is 1.61 bits per heavy atom. The van der Waals surface area contributed by atoms with Crippen LogP contribution in [0.4, 0.5) is 0 Å². The fourth-order valence-electron chi connectivity index (χ4n) is 3.85. The molecule has 1 N–H and O–H groups in total. The average molecular weight is 463 g/mol. The molecule has 172 valence electrons. The molecule has 0 bridgehead atoms. The van der Waals surface area contributed by atoms with Crippen molar-refractivity contribution in [3.63, 3.8) is 0 Å². The molecule has 5 heteroatoms. The maximum absolute atomic E-state index is 13.6. The Morgan fingerprint density at radius 1 is 0.909 bits per heavy atom. The van der Waals surface area contributed by atoms with Gasteiger partial charge in [0, 0.05) is 24.5 Å². The van der Waals surface area contributed by atoms with Crippen molar-refractivity contribution in [2.75, 3.05) is 6.54 Å². The largest absolute Gasteiger partial charge is 0.354 e. The first-order valence-corrected chi connectivity index (χ1v) is 11.7. The highest BCUT2D eigenvalue weighted by atomic mass is 35.5. The fourth-order valence-corrected chi connectivity index (χ4v) is 4.06. The number of amides is 2. The molecule has 0 aliphatic rings. The van der Waals surface area contributed by atoms with Crippen molar-refractivity contribution in [1.82, 2.24) is 10.2 Å². The van der Waals surface area contributed by atoms with Crippen LogP contribution in [0, 0.1) is 6.92 Å². The lowest BCUT2D eigenvalue weighted by Gasteiger charge is -2.32. The van der Waals surface area contributed by atoms with E-state index in [2.05, 4.69) is 5.32 Å². The molecule has 1 atom stereocenters. The Bertz CT molecular complexity index is 1070. The second-order valence-corrected chi connectivity index (χ2v) is 8.75. The molecule has 0 saturated heterocycles. The molecule has 4 nitrogen and oxygen atoms in total. The first kappa shape index (κ1) is 24.5. The number of carbonyl (C=O) groups excluding carboxylic acids is 2. The van der Waals surface area contributed by atoms with Gasteiger partial charge in [0.2, 0.25) is 11.8 Å². The van der Waals surface area contributed by atoms with Gasteiger partial charge in [-0.3, -0.25) is 9.59 Å². The lowest BCUT2D eigenvalue weighted by Crippen LogP contribution is -2.51. The third-order valence-electron chi connectivity index (χ3n) is 5.50. The smallest absolute Gasteiger partial charge is 0.243 e. The molecule has 0 aromatic heterocycles. The summed E-state index contributed by atoms with van der Waals surface area (Å²) in [6, 6.07) is 24.6. The topological polar surface area (TPSA) is 49.4 Å². The molecule has 0 spiro atoms. The molecule has 0 unspecified atom stereocenters. The summed E-state index contributed by atoms with van der Waals surface area (Å²) in [6.07, 6.45) is 1.50. The van der Waals surface area contributed by atoms with Crippen LogP contribution in [0.5, 0.6) is 0 Å². The predicted octanol–water partition coefficient (Wildman–Crippen LogP) is 5.36. The zero-order valence-electron chi connectivity index (χ0n) is 19.3. The van der Waals surface area contributed by atoms with E-state index in [0.29, 0.717) is 24.5 Å². The second kappa shape index (κ2) is 12.2. The van der Waals surface area contributed by atoms with Crippen LogP contribution in [0.15, 0.2) is 78.9 Å². The van der Waals surface area contributed by atoms with E-state index in [0.717, 1.165) is 28.7 Å². The van der Waals surface area contributed by atoms with E-state index in [-0.39, 0.29) is 18.2 Å². The normalized spacial score (nSPS) is 11.6. The van der Waals surface area contributed by atoms with Crippen LogP contribution in [-0.2, 0) is 29.0 Å². The van der Waals surface area contributed by atoms with Crippen LogP contribution in [-0.4, -0.2) is 29.3 Å². The molecule has 0 heterocycles. The Balaban J connectivity index is 1.95. The quantitative estimate of drug-likeness (QED) is 0.441. The number of halogens is 1. The molecule has 3 rings (SSSR count). The van der Waals surface area contributed by atoms with E-state index in [1.54, 1.807) is 11.0 Å². The van der Waals surface area contributed by atoms with E-state index in [1.807, 2.05) is 86.6 Å². The SMILES string of the molecule is CCCNC(=O)[C@H](Cc1ccccc1)N(Cc1cccc(Cl)c1)C(=O)Cc1cccc(C)c1. The number of carbonyl (C=O) groups is 2. The van der Waals surface area contributed by atoms with Gasteiger partial charge in [0.25, 0.3) is 0 Å². The summed E-state index contributed by atoms with van der Waals surface area (Å²) in [5.74, 6) is -0.228. The van der Waals surface area contributed by atoms with Crippen molar-refractivity contribution >= 4 is 23.4 Å². The Hall–Kier alpha value is -3.11. The molecule has 3 aromatic carbocycles. The highest BCUT2D eigenvalue weighted by Gasteiger charge is 2.30. The summed E-state index contributed by atoms with van der Waals surface area (Å²) in [6.45, 7) is 4.90. The third-order valence-corrected chi connectivity index (χ3v) is 5.74. The summed E-state index contributed by atoms with van der Waals surface area (Å²) in [5.41, 5.74) is 3.93. The van der Waals surface area contributed by atoms with Crippen molar-refractivity contribution in [3.8, 4) is 0 Å². The van der Waals surface area contributed by atoms with Crippen molar-refractivity contribution in [2.45, 2.75) is 45.7 Å². The molecule has 0 saturated carbocycles. The summed E-state index contributed by atoms with van der Waals surface area (Å²) in [4.78, 5) is 28.6. The minimum Gasteiger partial charge on any atom is -0.354 e. The zero-order valence-corrected chi connectivity index (χ0v) is 20.0. The fraction of sp³-hybridized carbons (Fsp3) is 0.286. The first-order valence-electron chi connectivity index (χ1n) is 11.4. The zero-order chi connectivity index (χ0) is 23.6. The maximum Gasteiger partial charge on any atom is 0.243 e. The van der Waals surface area contributed by atoms with Gasteiger partial charge in [0.05, 0.1) is 6.42 Å². The van der Waals surface area contributed by atoms with E-state index in [1.165, 1.54) is 0 Å². The van der Waals surface area contributed by atoms with Gasteiger partial charge in [0.15, 0.2) is 0 Å². The van der Waals surface area contributed by atoms with Crippen LogP contribution in [0.2, 0.25) is 5.02 Å². The number of hydrogen-bond acceptors (Lipinski definition) is 2. The van der Waals surface area contributed by atoms with E-state index in [9.17, 15) is 9.59 Å². The van der Waals surface area contributed by atoms with Gasteiger partial charge in [-0.05, 0) is 42.2 Å². The van der Waals surface area contributed by atoms with Gasteiger partial charge in [-0.15, -0.1) is 0 Å². The summed E-state index contributed by atoms with van der Waals surface area (Å²) < 4.78 is 0. The number of nitrogens with one attached hydrogen (secondary N) is 1. The molecule has 3 aromatic rings. The number of benzene rings is 3. The monoisotopic (exact) mass is 462 g/mol. The van der Waals surface area contributed by atoms with Crippen molar-refractivity contribution in [2.24, 2.45) is 0 Å². The van der Waals surface area contributed by atoms with Crippen LogP contribution < -0.4 is 5.32 Å². The van der Waals surface area contributed by atoms with E-state index < -0.39 is 6.04 Å². The molecule has 0 aliphatic heterocycles. The lowest BCUT2D eigenvalue weighted by atomic mass is 10.0. The lowest BCUT2D eigenvalue weighted by molar-refractivity contribution is -0.140. The molecular formula is C28H31ClN2O2. The number of hydrogen-bond donors (Lipinski definition) is 1. The van der Waals surface area contributed by atoms with Crippen molar-refractivity contribution < 1.29 is 9.59 Å². The van der Waals surface area contributed by atoms with Crippen LogP contribution >= 0.6 is 11.6 Å². The Labute approximate surface area is 201 Å². The van der Waals surface area contributed by atoms with Gasteiger partial charge in [-0.1, -0.05) is 90.8 Å². The molecule has 0 fully saturated rings. The number of rotatable bonds is 10. The minimum absolute atomic E-state index is 0.0897. The van der Waals surface area contributed by atoms with E-state index >= 15 is 0 Å². The van der Waals surface area contributed by atoms with Crippen molar-refractivity contribution in [3.05, 3.63) is 106 Å². The summed E-state index contributed by atoms with van der Waals surface area (Å²) >= 11 is 6.21. The molecule has 2 amide bonds. The molecule has 0 aliphatic carbocycles. The molecule has 33 heavy (non-hydrogen) atoms. The maximum atomic E-state index is 13.6. The standard InChI is InChI=1S/C28H31ClN2O2/c1-3-15-30-28(33)26(18-22-10-5-4-6-11-22)31(20-24-13-8-14-25(29)17-24)27(32)19-23-12-7-9-21(2)16-23/h4-14,16-17,26H,3,15,18-20H2,1-2H3,(H,30,33)/t26-/m0/s1. The first-order chi connectivity index (χ1) is 16.0. The van der Waals surface area contributed by atoms with Gasteiger partial charge >= 0.3 is 0 Å².